The van der Waals surface area contributed by atoms with Crippen LogP contribution >= 0.6 is 0 Å². The van der Waals surface area contributed by atoms with E-state index in [0.29, 0.717) is 0 Å². The number of carbonyl (C=O) groups is 4. The van der Waals surface area contributed by atoms with Crippen LogP contribution in [0.1, 0.15) is 39.2 Å². The Kier molecular flexibility index (Phi) is 11.5. The number of hydrogen-bond donors (Lipinski definition) is 1. The summed E-state index contributed by atoms with van der Waals surface area (Å²) in [4.78, 5) is 51.2. The Balaban J connectivity index is 3.17. The van der Waals surface area contributed by atoms with Crippen LogP contribution in [0.2, 0.25) is 0 Å². The summed E-state index contributed by atoms with van der Waals surface area (Å²) >= 11 is 0. The molecule has 0 radical (unpaired) electrons. The van der Waals surface area contributed by atoms with E-state index >= 15 is 0 Å². The molecule has 0 saturated heterocycles. The Morgan fingerprint density at radius 1 is 1.00 bits per heavy atom. The van der Waals surface area contributed by atoms with E-state index in [2.05, 4.69) is 10.1 Å². The third-order valence-electron chi connectivity index (χ3n) is 4.41. The Bertz CT molecular complexity index is 787. The summed E-state index contributed by atoms with van der Waals surface area (Å²) < 4.78 is 20.2. The third-order valence-corrected chi connectivity index (χ3v) is 4.41. The van der Waals surface area contributed by atoms with Gasteiger partial charge in [0, 0.05) is 27.2 Å². The number of rotatable bonds is 12. The van der Waals surface area contributed by atoms with Gasteiger partial charge in [0.05, 0.1) is 13.7 Å². The van der Waals surface area contributed by atoms with Gasteiger partial charge in [0.1, 0.15) is 23.8 Å². The van der Waals surface area contributed by atoms with Crippen molar-refractivity contribution in [2.45, 2.75) is 58.1 Å². The third kappa shape index (κ3) is 10.9. The Labute approximate surface area is 194 Å². The van der Waals surface area contributed by atoms with Crippen molar-refractivity contribution in [3.05, 3.63) is 35.9 Å². The molecule has 1 atom stereocenters. The number of nitrogens with zero attached hydrogens (tertiary/aromatic N) is 1. The number of hydrogen-bond acceptors (Lipinski definition) is 8. The molecule has 10 heteroatoms. The number of esters is 1. The number of carbonyl (C=O) groups excluding carboxylic acids is 4. The molecule has 0 unspecified atom stereocenters. The van der Waals surface area contributed by atoms with Crippen molar-refractivity contribution >= 4 is 23.8 Å². The Morgan fingerprint density at radius 2 is 1.61 bits per heavy atom. The summed E-state index contributed by atoms with van der Waals surface area (Å²) in [5.74, 6) is -1.85. The summed E-state index contributed by atoms with van der Waals surface area (Å²) in [7, 11) is 4.04. The molecule has 1 aromatic carbocycles. The lowest BCUT2D eigenvalue weighted by molar-refractivity contribution is -0.150. The van der Waals surface area contributed by atoms with Crippen LogP contribution in [0.4, 0.5) is 4.79 Å². The zero-order valence-corrected chi connectivity index (χ0v) is 20.1. The number of nitrogens with one attached hydrogen (secondary N) is 1. The molecule has 0 fully saturated rings. The molecule has 33 heavy (non-hydrogen) atoms. The highest BCUT2D eigenvalue weighted by Crippen LogP contribution is 2.13. The first kappa shape index (κ1) is 28.1. The lowest BCUT2D eigenvalue weighted by Gasteiger charge is -2.30. The second-order valence-electron chi connectivity index (χ2n) is 8.30. The summed E-state index contributed by atoms with van der Waals surface area (Å²) in [6.45, 7) is 5.25. The van der Waals surface area contributed by atoms with Crippen molar-refractivity contribution in [1.82, 2.24) is 10.2 Å². The standard InChI is InChI=1S/C23H34N2O8/c1-23(2,3)33-22(29)24-18(12-17(26)13-19(27)30-4)21(28)25(15-20(31-5)32-6)14-16-10-8-7-9-11-16/h7-11,18,20H,12-15H2,1-6H3,(H,24,29)/t18-/m1/s1. The fraction of sp³-hybridized carbons (Fsp3) is 0.565. The highest BCUT2D eigenvalue weighted by Gasteiger charge is 2.32. The maximum atomic E-state index is 13.5. The van der Waals surface area contributed by atoms with E-state index in [1.165, 1.54) is 19.1 Å². The first-order valence-corrected chi connectivity index (χ1v) is 10.4. The molecule has 0 saturated carbocycles. The van der Waals surface area contributed by atoms with E-state index in [9.17, 15) is 19.2 Å². The van der Waals surface area contributed by atoms with E-state index < -0.39 is 54.5 Å². The van der Waals surface area contributed by atoms with Crippen LogP contribution in [0.5, 0.6) is 0 Å². The summed E-state index contributed by atoms with van der Waals surface area (Å²) in [5, 5.41) is 2.46. The number of ketones is 1. The van der Waals surface area contributed by atoms with Crippen molar-refractivity contribution in [2.75, 3.05) is 27.9 Å². The number of benzene rings is 1. The molecule has 0 aliphatic rings. The SMILES string of the molecule is COC(=O)CC(=O)C[C@@H](NC(=O)OC(C)(C)C)C(=O)N(Cc1ccccc1)CC(OC)OC. The second kappa shape index (κ2) is 13.5. The van der Waals surface area contributed by atoms with E-state index in [4.69, 9.17) is 14.2 Å². The van der Waals surface area contributed by atoms with Gasteiger partial charge in [-0.3, -0.25) is 14.4 Å². The molecule has 0 spiro atoms. The highest BCUT2D eigenvalue weighted by molar-refractivity contribution is 5.99. The van der Waals surface area contributed by atoms with Crippen LogP contribution in [0.3, 0.4) is 0 Å². The van der Waals surface area contributed by atoms with Crippen molar-refractivity contribution in [1.29, 1.82) is 0 Å². The molecule has 1 rings (SSSR count). The predicted molar refractivity (Wildman–Crippen MR) is 119 cm³/mol. The van der Waals surface area contributed by atoms with Gasteiger partial charge >= 0.3 is 12.1 Å². The molecule has 0 aromatic heterocycles. The number of Topliss-reactive ketones (excluding diaryl/α,β-unsaturated/α-hetero) is 1. The van der Waals surface area contributed by atoms with Crippen molar-refractivity contribution in [3.63, 3.8) is 0 Å². The van der Waals surface area contributed by atoms with Crippen LogP contribution in [-0.2, 0) is 39.9 Å². The molecule has 2 amide bonds. The molecule has 0 aliphatic carbocycles. The van der Waals surface area contributed by atoms with E-state index in [0.717, 1.165) is 12.7 Å². The average Bonchev–Trinajstić information content (AvgIpc) is 2.74. The lowest BCUT2D eigenvalue weighted by atomic mass is 10.1. The van der Waals surface area contributed by atoms with Crippen LogP contribution in [0, 0.1) is 0 Å². The summed E-state index contributed by atoms with van der Waals surface area (Å²) in [6.07, 6.45) is -2.52. The second-order valence-corrected chi connectivity index (χ2v) is 8.30. The van der Waals surface area contributed by atoms with Gasteiger partial charge in [-0.05, 0) is 26.3 Å². The first-order valence-electron chi connectivity index (χ1n) is 10.4. The molecule has 0 heterocycles. The minimum Gasteiger partial charge on any atom is -0.469 e. The fourth-order valence-electron chi connectivity index (χ4n) is 2.86. The highest BCUT2D eigenvalue weighted by atomic mass is 16.7. The van der Waals surface area contributed by atoms with E-state index in [1.54, 1.807) is 20.8 Å². The zero-order chi connectivity index (χ0) is 25.0. The predicted octanol–water partition coefficient (Wildman–Crippen LogP) is 2.05. The molecular weight excluding hydrogens is 432 g/mol. The minimum absolute atomic E-state index is 0.0401. The van der Waals surface area contributed by atoms with Gasteiger partial charge in [-0.25, -0.2) is 4.79 Å². The number of alkyl carbamates (subject to hydrolysis) is 1. The van der Waals surface area contributed by atoms with Crippen molar-refractivity contribution in [2.24, 2.45) is 0 Å². The monoisotopic (exact) mass is 466 g/mol. The van der Waals surface area contributed by atoms with Gasteiger partial charge in [-0.15, -0.1) is 0 Å². The summed E-state index contributed by atoms with van der Waals surface area (Å²) in [5.41, 5.74) is 0.0166. The normalized spacial score (nSPS) is 12.1. The molecule has 0 bridgehead atoms. The van der Waals surface area contributed by atoms with Crippen molar-refractivity contribution in [3.8, 4) is 0 Å². The van der Waals surface area contributed by atoms with Crippen LogP contribution in [0.25, 0.3) is 0 Å². The first-order chi connectivity index (χ1) is 15.5. The molecular formula is C23H34N2O8. The van der Waals surface area contributed by atoms with Crippen LogP contribution in [0.15, 0.2) is 30.3 Å². The molecule has 1 N–H and O–H groups in total. The van der Waals surface area contributed by atoms with Gasteiger partial charge in [-0.2, -0.15) is 0 Å². The fourth-order valence-corrected chi connectivity index (χ4v) is 2.86. The quantitative estimate of drug-likeness (QED) is 0.282. The maximum Gasteiger partial charge on any atom is 0.408 e. The molecule has 1 aromatic rings. The smallest absolute Gasteiger partial charge is 0.408 e. The Morgan fingerprint density at radius 3 is 2.12 bits per heavy atom. The molecule has 184 valence electrons. The topological polar surface area (TPSA) is 120 Å². The van der Waals surface area contributed by atoms with E-state index in [-0.39, 0.29) is 13.1 Å². The largest absolute Gasteiger partial charge is 0.469 e. The summed E-state index contributed by atoms with van der Waals surface area (Å²) in [6, 6.07) is 7.93. The number of methoxy groups -OCH3 is 3. The van der Waals surface area contributed by atoms with Gasteiger partial charge in [-0.1, -0.05) is 30.3 Å². The average molecular weight is 467 g/mol. The van der Waals surface area contributed by atoms with Crippen LogP contribution in [-0.4, -0.2) is 74.5 Å². The van der Waals surface area contributed by atoms with Gasteiger partial charge < -0.3 is 29.2 Å². The van der Waals surface area contributed by atoms with Crippen molar-refractivity contribution < 1.29 is 38.1 Å². The molecule has 10 nitrogen and oxygen atoms in total. The lowest BCUT2D eigenvalue weighted by Crippen LogP contribution is -2.52. The van der Waals surface area contributed by atoms with Crippen LogP contribution < -0.4 is 5.32 Å². The zero-order valence-electron chi connectivity index (χ0n) is 20.1. The Hall–Kier alpha value is -2.98. The van der Waals surface area contributed by atoms with Gasteiger partial charge in [0.15, 0.2) is 6.29 Å². The minimum atomic E-state index is -1.27. The number of ether oxygens (including phenoxy) is 4. The van der Waals surface area contributed by atoms with Gasteiger partial charge in [0.2, 0.25) is 5.91 Å². The maximum absolute atomic E-state index is 13.5. The van der Waals surface area contributed by atoms with E-state index in [1.807, 2.05) is 30.3 Å². The number of amides is 2. The van der Waals surface area contributed by atoms with Gasteiger partial charge in [0.25, 0.3) is 0 Å². The molecule has 0 aliphatic heterocycles.